The molecule has 0 spiro atoms. The summed E-state index contributed by atoms with van der Waals surface area (Å²) in [6.07, 6.45) is 2.03. The highest BCUT2D eigenvalue weighted by atomic mass is 16.5. The topological polar surface area (TPSA) is 48.5 Å². The number of rotatable bonds is 5. The number of hydrogen-bond donors (Lipinski definition) is 2. The smallest absolute Gasteiger partial charge is 0.129 e. The Hall–Kier alpha value is -2.04. The number of aromatic nitrogens is 1. The maximum atomic E-state index is 10.2. The monoisotopic (exact) mass is 310 g/mol. The maximum absolute atomic E-state index is 10.2. The molecule has 4 rings (SSSR count). The van der Waals surface area contributed by atoms with Gasteiger partial charge in [-0.15, -0.1) is 0 Å². The standard InChI is InChI=1S/C19H22N2O2/c22-14(12-21-10-3-4-11-21)13-23-18-9-5-8-17-19(18)15-6-1-2-7-16(15)20-17/h1-2,5-9,14,20,22H,3-4,10-13H2. The number of aromatic amines is 1. The number of aliphatic hydroxyl groups excluding tert-OH is 1. The Labute approximate surface area is 135 Å². The molecule has 0 saturated carbocycles. The minimum atomic E-state index is -0.450. The number of β-amino-alcohol motifs (C(OH)–C–C–N with tert-alkyl or cyclic N) is 1. The number of H-pyrrole nitrogens is 1. The van der Waals surface area contributed by atoms with Gasteiger partial charge in [0.1, 0.15) is 18.5 Å². The van der Waals surface area contributed by atoms with E-state index in [1.165, 1.54) is 12.8 Å². The van der Waals surface area contributed by atoms with E-state index >= 15 is 0 Å². The first kappa shape index (κ1) is 14.5. The molecule has 0 aliphatic carbocycles. The number of nitrogens with zero attached hydrogens (tertiary/aromatic N) is 1. The summed E-state index contributed by atoms with van der Waals surface area (Å²) in [5, 5.41) is 12.5. The van der Waals surface area contributed by atoms with Crippen molar-refractivity contribution in [3.63, 3.8) is 0 Å². The molecule has 2 N–H and O–H groups in total. The first-order valence-corrected chi connectivity index (χ1v) is 8.34. The van der Waals surface area contributed by atoms with Crippen LogP contribution in [0.2, 0.25) is 0 Å². The van der Waals surface area contributed by atoms with Gasteiger partial charge < -0.3 is 19.7 Å². The van der Waals surface area contributed by atoms with Crippen LogP contribution in [-0.4, -0.2) is 47.3 Å². The van der Waals surface area contributed by atoms with Crippen molar-refractivity contribution in [2.45, 2.75) is 18.9 Å². The van der Waals surface area contributed by atoms with Crippen LogP contribution in [0.4, 0.5) is 0 Å². The molecule has 0 radical (unpaired) electrons. The van der Waals surface area contributed by atoms with Gasteiger partial charge >= 0.3 is 0 Å². The SMILES string of the molecule is OC(COc1cccc2[nH]c3ccccc3c12)CN1CCCC1. The molecule has 0 bridgehead atoms. The predicted molar refractivity (Wildman–Crippen MR) is 93.0 cm³/mol. The van der Waals surface area contributed by atoms with Gasteiger partial charge in [-0.3, -0.25) is 0 Å². The summed E-state index contributed by atoms with van der Waals surface area (Å²) < 4.78 is 5.96. The Morgan fingerprint density at radius 3 is 2.70 bits per heavy atom. The summed E-state index contributed by atoms with van der Waals surface area (Å²) in [6, 6.07) is 14.3. The molecule has 2 heterocycles. The van der Waals surface area contributed by atoms with E-state index in [2.05, 4.69) is 28.1 Å². The number of ether oxygens (including phenoxy) is 1. The zero-order valence-electron chi connectivity index (χ0n) is 13.2. The molecule has 1 atom stereocenters. The van der Waals surface area contributed by atoms with Crippen molar-refractivity contribution in [3.05, 3.63) is 42.5 Å². The molecule has 1 fully saturated rings. The van der Waals surface area contributed by atoms with Gasteiger partial charge in [-0.1, -0.05) is 24.3 Å². The molecule has 1 aromatic heterocycles. The second-order valence-corrected chi connectivity index (χ2v) is 6.32. The van der Waals surface area contributed by atoms with Crippen molar-refractivity contribution in [1.82, 2.24) is 9.88 Å². The van der Waals surface area contributed by atoms with Gasteiger partial charge in [-0.05, 0) is 44.1 Å². The van der Waals surface area contributed by atoms with E-state index in [0.29, 0.717) is 13.2 Å². The van der Waals surface area contributed by atoms with Crippen LogP contribution in [0.25, 0.3) is 21.8 Å². The largest absolute Gasteiger partial charge is 0.490 e. The molecule has 23 heavy (non-hydrogen) atoms. The fourth-order valence-electron chi connectivity index (χ4n) is 3.49. The van der Waals surface area contributed by atoms with E-state index in [1.807, 2.05) is 24.3 Å². The molecule has 1 saturated heterocycles. The Morgan fingerprint density at radius 2 is 1.83 bits per heavy atom. The molecule has 4 heteroatoms. The maximum Gasteiger partial charge on any atom is 0.129 e. The predicted octanol–water partition coefficient (Wildman–Crippen LogP) is 3.16. The highest BCUT2D eigenvalue weighted by Crippen LogP contribution is 2.32. The van der Waals surface area contributed by atoms with Crippen molar-refractivity contribution in [1.29, 1.82) is 0 Å². The third kappa shape index (κ3) is 2.92. The van der Waals surface area contributed by atoms with E-state index < -0.39 is 6.10 Å². The molecule has 1 aliphatic rings. The van der Waals surface area contributed by atoms with Crippen LogP contribution in [0.3, 0.4) is 0 Å². The summed E-state index contributed by atoms with van der Waals surface area (Å²) in [5.41, 5.74) is 2.17. The molecule has 120 valence electrons. The summed E-state index contributed by atoms with van der Waals surface area (Å²) in [6.45, 7) is 3.21. The fraction of sp³-hybridized carbons (Fsp3) is 0.368. The zero-order chi connectivity index (χ0) is 15.6. The number of para-hydroxylation sites is 1. The Morgan fingerprint density at radius 1 is 1.04 bits per heavy atom. The van der Waals surface area contributed by atoms with Crippen LogP contribution in [0.1, 0.15) is 12.8 Å². The van der Waals surface area contributed by atoms with Gasteiger partial charge in [0.25, 0.3) is 0 Å². The third-order valence-corrected chi connectivity index (χ3v) is 4.59. The number of hydrogen-bond acceptors (Lipinski definition) is 3. The molecule has 4 nitrogen and oxygen atoms in total. The fourth-order valence-corrected chi connectivity index (χ4v) is 3.49. The number of benzene rings is 2. The van der Waals surface area contributed by atoms with Crippen LogP contribution >= 0.6 is 0 Å². The first-order valence-electron chi connectivity index (χ1n) is 8.34. The quantitative estimate of drug-likeness (QED) is 0.761. The van der Waals surface area contributed by atoms with Crippen molar-refractivity contribution >= 4 is 21.8 Å². The van der Waals surface area contributed by atoms with Crippen molar-refractivity contribution in [2.75, 3.05) is 26.2 Å². The van der Waals surface area contributed by atoms with Crippen molar-refractivity contribution in [3.8, 4) is 5.75 Å². The number of likely N-dealkylation sites (tertiary alicyclic amines) is 1. The number of aliphatic hydroxyl groups is 1. The van der Waals surface area contributed by atoms with E-state index in [9.17, 15) is 5.11 Å². The van der Waals surface area contributed by atoms with E-state index in [0.717, 1.165) is 40.6 Å². The lowest BCUT2D eigenvalue weighted by Gasteiger charge is -2.19. The summed E-state index contributed by atoms with van der Waals surface area (Å²) in [4.78, 5) is 5.72. The summed E-state index contributed by atoms with van der Waals surface area (Å²) in [7, 11) is 0. The molecular weight excluding hydrogens is 288 g/mol. The third-order valence-electron chi connectivity index (χ3n) is 4.59. The molecular formula is C19H22N2O2. The number of fused-ring (bicyclic) bond motifs is 3. The molecule has 0 amide bonds. The van der Waals surface area contributed by atoms with E-state index in [4.69, 9.17) is 4.74 Å². The van der Waals surface area contributed by atoms with Crippen LogP contribution in [0.5, 0.6) is 5.75 Å². The molecule has 2 aromatic carbocycles. The Balaban J connectivity index is 1.54. The Bertz CT molecular complexity index is 805. The highest BCUT2D eigenvalue weighted by Gasteiger charge is 2.17. The van der Waals surface area contributed by atoms with Crippen LogP contribution in [0, 0.1) is 0 Å². The van der Waals surface area contributed by atoms with Crippen LogP contribution in [-0.2, 0) is 0 Å². The van der Waals surface area contributed by atoms with Crippen LogP contribution in [0.15, 0.2) is 42.5 Å². The van der Waals surface area contributed by atoms with Gasteiger partial charge in [-0.25, -0.2) is 0 Å². The second-order valence-electron chi connectivity index (χ2n) is 6.32. The van der Waals surface area contributed by atoms with Gasteiger partial charge in [0.2, 0.25) is 0 Å². The van der Waals surface area contributed by atoms with Crippen LogP contribution < -0.4 is 4.74 Å². The minimum absolute atomic E-state index is 0.328. The highest BCUT2D eigenvalue weighted by molar-refractivity contribution is 6.10. The first-order chi connectivity index (χ1) is 11.3. The zero-order valence-corrected chi connectivity index (χ0v) is 13.2. The van der Waals surface area contributed by atoms with Gasteiger partial charge in [0.15, 0.2) is 0 Å². The second kappa shape index (κ2) is 6.22. The average molecular weight is 310 g/mol. The summed E-state index contributed by atoms with van der Waals surface area (Å²) in [5.74, 6) is 0.834. The lowest BCUT2D eigenvalue weighted by Crippen LogP contribution is -2.33. The molecule has 3 aromatic rings. The molecule has 1 unspecified atom stereocenters. The lowest BCUT2D eigenvalue weighted by atomic mass is 10.1. The lowest BCUT2D eigenvalue weighted by molar-refractivity contribution is 0.0765. The number of nitrogens with one attached hydrogen (secondary N) is 1. The normalized spacial score (nSPS) is 17.1. The summed E-state index contributed by atoms with van der Waals surface area (Å²) >= 11 is 0. The van der Waals surface area contributed by atoms with Gasteiger partial charge in [0.05, 0.1) is 5.52 Å². The van der Waals surface area contributed by atoms with Crippen molar-refractivity contribution < 1.29 is 9.84 Å². The molecule has 1 aliphatic heterocycles. The average Bonchev–Trinajstić information content (AvgIpc) is 3.20. The van der Waals surface area contributed by atoms with Gasteiger partial charge in [-0.2, -0.15) is 0 Å². The van der Waals surface area contributed by atoms with Gasteiger partial charge in [0, 0.05) is 22.8 Å². The minimum Gasteiger partial charge on any atom is -0.490 e. The van der Waals surface area contributed by atoms with E-state index in [1.54, 1.807) is 0 Å². The van der Waals surface area contributed by atoms with Crippen molar-refractivity contribution in [2.24, 2.45) is 0 Å². The Kier molecular flexibility index (Phi) is 3.93. The van der Waals surface area contributed by atoms with E-state index in [-0.39, 0.29) is 0 Å².